The molecule has 0 heterocycles. The van der Waals surface area contributed by atoms with Gasteiger partial charge in [-0.1, -0.05) is 6.92 Å². The number of nitriles is 1. The van der Waals surface area contributed by atoms with Gasteiger partial charge in [-0.05, 0) is 12.8 Å². The molecule has 0 amide bonds. The van der Waals surface area contributed by atoms with E-state index in [9.17, 15) is 9.59 Å². The highest BCUT2D eigenvalue weighted by atomic mass is 16.1. The summed E-state index contributed by atoms with van der Waals surface area (Å²) in [4.78, 5) is 20.7. The summed E-state index contributed by atoms with van der Waals surface area (Å²) in [6, 6.07) is 2.00. The van der Waals surface area contributed by atoms with Crippen molar-refractivity contribution < 1.29 is 9.59 Å². The SMILES string of the molecule is C[C@@H](CCCC#N)C(=O)C=C=O. The minimum Gasteiger partial charge on any atom is -0.294 e. The first-order valence-electron chi connectivity index (χ1n) is 3.84. The van der Waals surface area contributed by atoms with Crippen LogP contribution in [-0.4, -0.2) is 11.7 Å². The van der Waals surface area contributed by atoms with Crippen LogP contribution in [0.3, 0.4) is 0 Å². The summed E-state index contributed by atoms with van der Waals surface area (Å²) in [7, 11) is 0. The van der Waals surface area contributed by atoms with Gasteiger partial charge in [-0.2, -0.15) is 5.26 Å². The molecule has 1 atom stereocenters. The molecule has 0 rings (SSSR count). The fourth-order valence-corrected chi connectivity index (χ4v) is 0.830. The van der Waals surface area contributed by atoms with E-state index < -0.39 is 0 Å². The number of carbonyl (C=O) groups is 1. The summed E-state index contributed by atoms with van der Waals surface area (Å²) in [5.41, 5.74) is 0. The van der Waals surface area contributed by atoms with Crippen molar-refractivity contribution in [2.45, 2.75) is 26.2 Å². The molecule has 64 valence electrons. The van der Waals surface area contributed by atoms with Gasteiger partial charge in [0.25, 0.3) is 0 Å². The molecule has 0 spiro atoms. The molecule has 0 aromatic rings. The molecule has 0 aliphatic carbocycles. The highest BCUT2D eigenvalue weighted by Gasteiger charge is 2.08. The lowest BCUT2D eigenvalue weighted by Gasteiger charge is -2.03. The Kier molecular flexibility index (Phi) is 5.60. The van der Waals surface area contributed by atoms with Crippen molar-refractivity contribution in [3.63, 3.8) is 0 Å². The Morgan fingerprint density at radius 2 is 2.33 bits per heavy atom. The van der Waals surface area contributed by atoms with Crippen LogP contribution in [0.5, 0.6) is 0 Å². The van der Waals surface area contributed by atoms with E-state index in [4.69, 9.17) is 5.26 Å². The van der Waals surface area contributed by atoms with Crippen LogP contribution in [-0.2, 0) is 9.59 Å². The monoisotopic (exact) mass is 165 g/mol. The third-order valence-electron chi connectivity index (χ3n) is 1.61. The molecule has 0 aromatic heterocycles. The zero-order valence-corrected chi connectivity index (χ0v) is 7.04. The van der Waals surface area contributed by atoms with Gasteiger partial charge in [-0.15, -0.1) is 0 Å². The van der Waals surface area contributed by atoms with Crippen molar-refractivity contribution in [1.29, 1.82) is 5.26 Å². The Bertz CT molecular complexity index is 233. The van der Waals surface area contributed by atoms with E-state index in [0.717, 1.165) is 6.08 Å². The summed E-state index contributed by atoms with van der Waals surface area (Å²) in [5.74, 6) is 1.08. The van der Waals surface area contributed by atoms with Crippen molar-refractivity contribution in [3.05, 3.63) is 6.08 Å². The summed E-state index contributed by atoms with van der Waals surface area (Å²) in [6.45, 7) is 1.74. The predicted molar refractivity (Wildman–Crippen MR) is 43.9 cm³/mol. The molecule has 0 aliphatic heterocycles. The fourth-order valence-electron chi connectivity index (χ4n) is 0.830. The Balaban J connectivity index is 3.73. The summed E-state index contributed by atoms with van der Waals surface area (Å²) in [6.07, 6.45) is 2.74. The molecule has 12 heavy (non-hydrogen) atoms. The van der Waals surface area contributed by atoms with Crippen LogP contribution in [0, 0.1) is 17.2 Å². The number of nitrogens with zero attached hydrogens (tertiary/aromatic N) is 1. The lowest BCUT2D eigenvalue weighted by Crippen LogP contribution is -2.07. The molecule has 0 fully saturated rings. The minimum atomic E-state index is -0.206. The van der Waals surface area contributed by atoms with Gasteiger partial charge in [0.05, 0.1) is 12.1 Å². The molecule has 0 unspecified atom stereocenters. The van der Waals surface area contributed by atoms with Crippen molar-refractivity contribution in [3.8, 4) is 6.07 Å². The second-order valence-electron chi connectivity index (χ2n) is 2.62. The van der Waals surface area contributed by atoms with Gasteiger partial charge in [0.2, 0.25) is 0 Å². The van der Waals surface area contributed by atoms with E-state index in [2.05, 4.69) is 0 Å². The number of hydrogen-bond acceptors (Lipinski definition) is 3. The Hall–Kier alpha value is -1.39. The first kappa shape index (κ1) is 10.6. The number of rotatable bonds is 5. The lowest BCUT2D eigenvalue weighted by atomic mass is 10.00. The summed E-state index contributed by atoms with van der Waals surface area (Å²) >= 11 is 0. The second kappa shape index (κ2) is 6.33. The molecule has 0 saturated heterocycles. The van der Waals surface area contributed by atoms with Crippen LogP contribution in [0.15, 0.2) is 6.08 Å². The highest BCUT2D eigenvalue weighted by Crippen LogP contribution is 2.08. The van der Waals surface area contributed by atoms with Crippen molar-refractivity contribution in [1.82, 2.24) is 0 Å². The first-order chi connectivity index (χ1) is 5.72. The van der Waals surface area contributed by atoms with E-state index >= 15 is 0 Å². The van der Waals surface area contributed by atoms with E-state index in [-0.39, 0.29) is 11.7 Å². The molecule has 0 N–H and O–H groups in total. The second-order valence-corrected chi connectivity index (χ2v) is 2.62. The molecular weight excluding hydrogens is 154 g/mol. The van der Waals surface area contributed by atoms with Crippen molar-refractivity contribution in [2.24, 2.45) is 5.92 Å². The van der Waals surface area contributed by atoms with Gasteiger partial charge in [-0.3, -0.25) is 4.79 Å². The maximum Gasteiger partial charge on any atom is 0.169 e. The summed E-state index contributed by atoms with van der Waals surface area (Å²) in [5, 5.41) is 8.22. The predicted octanol–water partition coefficient (Wildman–Crippen LogP) is 1.27. The topological polar surface area (TPSA) is 57.9 Å². The van der Waals surface area contributed by atoms with Crippen LogP contribution in [0.4, 0.5) is 0 Å². The van der Waals surface area contributed by atoms with E-state index in [1.54, 1.807) is 6.92 Å². The van der Waals surface area contributed by atoms with E-state index in [1.807, 2.05) is 6.07 Å². The quantitative estimate of drug-likeness (QED) is 0.350. The smallest absolute Gasteiger partial charge is 0.169 e. The highest BCUT2D eigenvalue weighted by molar-refractivity contribution is 5.97. The zero-order chi connectivity index (χ0) is 9.40. The molecule has 3 heteroatoms. The van der Waals surface area contributed by atoms with Crippen LogP contribution < -0.4 is 0 Å². The Labute approximate surface area is 71.7 Å². The number of ketones is 1. The molecule has 0 aromatic carbocycles. The van der Waals surface area contributed by atoms with Gasteiger partial charge in [0.15, 0.2) is 5.78 Å². The van der Waals surface area contributed by atoms with Gasteiger partial charge < -0.3 is 0 Å². The van der Waals surface area contributed by atoms with E-state index in [0.29, 0.717) is 19.3 Å². The minimum absolute atomic E-state index is 0.167. The van der Waals surface area contributed by atoms with Crippen molar-refractivity contribution in [2.75, 3.05) is 0 Å². The van der Waals surface area contributed by atoms with E-state index in [1.165, 1.54) is 5.94 Å². The Morgan fingerprint density at radius 3 is 2.83 bits per heavy atom. The van der Waals surface area contributed by atoms with Gasteiger partial charge >= 0.3 is 0 Å². The zero-order valence-electron chi connectivity index (χ0n) is 7.04. The molecule has 3 nitrogen and oxygen atoms in total. The number of allylic oxidation sites excluding steroid dienone is 1. The maximum atomic E-state index is 10.9. The molecule has 0 radical (unpaired) electrons. The largest absolute Gasteiger partial charge is 0.294 e. The third kappa shape index (κ3) is 4.43. The maximum absolute atomic E-state index is 10.9. The van der Waals surface area contributed by atoms with Gasteiger partial charge in [-0.25, -0.2) is 4.79 Å². The lowest BCUT2D eigenvalue weighted by molar-refractivity contribution is -0.117. The van der Waals surface area contributed by atoms with Crippen molar-refractivity contribution >= 4 is 11.7 Å². The van der Waals surface area contributed by atoms with Crippen LogP contribution in [0.2, 0.25) is 0 Å². The third-order valence-corrected chi connectivity index (χ3v) is 1.61. The average Bonchev–Trinajstić information content (AvgIpc) is 2.05. The normalized spacial score (nSPS) is 11.0. The summed E-state index contributed by atoms with van der Waals surface area (Å²) < 4.78 is 0. The van der Waals surface area contributed by atoms with Gasteiger partial charge in [0.1, 0.15) is 5.94 Å². The van der Waals surface area contributed by atoms with Gasteiger partial charge in [0, 0.05) is 12.3 Å². The molecule has 0 aliphatic rings. The molecule has 0 bridgehead atoms. The first-order valence-corrected chi connectivity index (χ1v) is 3.84. The standard InChI is InChI=1S/C9H11NO2/c1-8(4-2-3-6-10)9(12)5-7-11/h5,8H,2-4H2,1H3/t8-/m0/s1. The number of carbonyl (C=O) groups excluding carboxylic acids is 2. The fraction of sp³-hybridized carbons (Fsp3) is 0.556. The van der Waals surface area contributed by atoms with Crippen LogP contribution in [0.1, 0.15) is 26.2 Å². The number of unbranched alkanes of at least 4 members (excludes halogenated alkanes) is 1. The Morgan fingerprint density at radius 1 is 1.67 bits per heavy atom. The number of hydrogen-bond donors (Lipinski definition) is 0. The average molecular weight is 165 g/mol. The molecular formula is C9H11NO2. The van der Waals surface area contributed by atoms with Crippen LogP contribution >= 0.6 is 0 Å². The molecule has 0 saturated carbocycles. The van der Waals surface area contributed by atoms with Crippen LogP contribution in [0.25, 0.3) is 0 Å².